The van der Waals surface area contributed by atoms with Crippen LogP contribution in [0.5, 0.6) is 0 Å². The van der Waals surface area contributed by atoms with Gasteiger partial charge in [0.2, 0.25) is 5.91 Å². The SMILES string of the molecule is O=C(Cn1nc2c(c1NC(=O)c1ccccc1Cl)CSC2)NC[C@@H]1CCCO1. The molecule has 1 aromatic carbocycles. The minimum absolute atomic E-state index is 0.0442. The number of carbonyl (C=O) groups excluding carboxylic acids is 2. The average Bonchev–Trinajstić information content (AvgIpc) is 3.40. The summed E-state index contributed by atoms with van der Waals surface area (Å²) < 4.78 is 7.10. The van der Waals surface area contributed by atoms with Crippen molar-refractivity contribution < 1.29 is 14.3 Å². The van der Waals surface area contributed by atoms with E-state index in [1.54, 1.807) is 40.7 Å². The highest BCUT2D eigenvalue weighted by atomic mass is 35.5. The van der Waals surface area contributed by atoms with Gasteiger partial charge in [-0.1, -0.05) is 23.7 Å². The van der Waals surface area contributed by atoms with Crippen LogP contribution in [0.25, 0.3) is 0 Å². The molecule has 0 spiro atoms. The molecule has 9 heteroatoms. The molecule has 2 aliphatic rings. The van der Waals surface area contributed by atoms with Crippen LogP contribution in [0.2, 0.25) is 5.02 Å². The molecular weight excluding hydrogens is 400 g/mol. The summed E-state index contributed by atoms with van der Waals surface area (Å²) in [4.78, 5) is 25.1. The van der Waals surface area contributed by atoms with Gasteiger partial charge < -0.3 is 15.4 Å². The number of nitrogens with one attached hydrogen (secondary N) is 2. The Kier molecular flexibility index (Phi) is 5.89. The van der Waals surface area contributed by atoms with Crippen LogP contribution in [0.3, 0.4) is 0 Å². The Hall–Kier alpha value is -2.03. The minimum atomic E-state index is -0.314. The summed E-state index contributed by atoms with van der Waals surface area (Å²) in [7, 11) is 0. The molecule has 0 aliphatic carbocycles. The van der Waals surface area contributed by atoms with E-state index in [4.69, 9.17) is 16.3 Å². The first kappa shape index (κ1) is 19.3. The van der Waals surface area contributed by atoms with Crippen LogP contribution < -0.4 is 10.6 Å². The van der Waals surface area contributed by atoms with E-state index >= 15 is 0 Å². The van der Waals surface area contributed by atoms with E-state index in [1.165, 1.54) is 0 Å². The summed E-state index contributed by atoms with van der Waals surface area (Å²) in [6.07, 6.45) is 2.08. The molecule has 1 fully saturated rings. The zero-order valence-corrected chi connectivity index (χ0v) is 16.8. The van der Waals surface area contributed by atoms with E-state index in [0.29, 0.717) is 22.9 Å². The highest BCUT2D eigenvalue weighted by molar-refractivity contribution is 7.98. The van der Waals surface area contributed by atoms with Crippen LogP contribution >= 0.6 is 23.4 Å². The van der Waals surface area contributed by atoms with Gasteiger partial charge in [0.15, 0.2) is 0 Å². The second kappa shape index (κ2) is 8.55. The van der Waals surface area contributed by atoms with E-state index < -0.39 is 0 Å². The van der Waals surface area contributed by atoms with Crippen molar-refractivity contribution in [2.75, 3.05) is 18.5 Å². The highest BCUT2D eigenvalue weighted by Crippen LogP contribution is 2.35. The molecule has 3 heterocycles. The molecule has 4 rings (SSSR count). The van der Waals surface area contributed by atoms with E-state index in [-0.39, 0.29) is 24.5 Å². The number of aromatic nitrogens is 2. The number of amides is 2. The van der Waals surface area contributed by atoms with Crippen molar-refractivity contribution in [2.24, 2.45) is 0 Å². The third-order valence-electron chi connectivity index (χ3n) is 4.81. The zero-order chi connectivity index (χ0) is 19.5. The number of rotatable bonds is 6. The van der Waals surface area contributed by atoms with Crippen LogP contribution in [-0.4, -0.2) is 40.9 Å². The van der Waals surface area contributed by atoms with Gasteiger partial charge in [-0.3, -0.25) is 9.59 Å². The Balaban J connectivity index is 1.48. The van der Waals surface area contributed by atoms with Crippen molar-refractivity contribution in [3.63, 3.8) is 0 Å². The molecular formula is C19H21ClN4O3S. The number of carbonyl (C=O) groups is 2. The smallest absolute Gasteiger partial charge is 0.258 e. The van der Waals surface area contributed by atoms with Crippen molar-refractivity contribution in [1.29, 1.82) is 0 Å². The molecule has 0 radical (unpaired) electrons. The van der Waals surface area contributed by atoms with Crippen LogP contribution in [0.4, 0.5) is 5.82 Å². The number of thioether (sulfide) groups is 1. The summed E-state index contributed by atoms with van der Waals surface area (Å²) in [6.45, 7) is 1.29. The first-order chi connectivity index (χ1) is 13.6. The molecule has 2 N–H and O–H groups in total. The molecule has 0 bridgehead atoms. The third kappa shape index (κ3) is 4.19. The maximum absolute atomic E-state index is 12.7. The minimum Gasteiger partial charge on any atom is -0.376 e. The van der Waals surface area contributed by atoms with Gasteiger partial charge in [0.25, 0.3) is 5.91 Å². The number of nitrogens with zero attached hydrogens (tertiary/aromatic N) is 2. The Morgan fingerprint density at radius 2 is 2.18 bits per heavy atom. The van der Waals surface area contributed by atoms with Gasteiger partial charge in [0, 0.05) is 30.2 Å². The number of halogens is 1. The molecule has 0 saturated carbocycles. The second-order valence-electron chi connectivity index (χ2n) is 6.80. The molecule has 1 saturated heterocycles. The number of anilines is 1. The third-order valence-corrected chi connectivity index (χ3v) is 6.11. The predicted octanol–water partition coefficient (Wildman–Crippen LogP) is 2.83. The molecule has 2 aliphatic heterocycles. The van der Waals surface area contributed by atoms with Crippen LogP contribution in [0, 0.1) is 0 Å². The molecule has 2 aromatic rings. The van der Waals surface area contributed by atoms with Crippen molar-refractivity contribution in [3.8, 4) is 0 Å². The van der Waals surface area contributed by atoms with Gasteiger partial charge >= 0.3 is 0 Å². The lowest BCUT2D eigenvalue weighted by molar-refractivity contribution is -0.122. The lowest BCUT2D eigenvalue weighted by Crippen LogP contribution is -2.34. The summed E-state index contributed by atoms with van der Waals surface area (Å²) in [5, 5.41) is 10.7. The number of fused-ring (bicyclic) bond motifs is 1. The number of hydrogen-bond donors (Lipinski definition) is 2. The molecule has 2 amide bonds. The molecule has 7 nitrogen and oxygen atoms in total. The van der Waals surface area contributed by atoms with Gasteiger partial charge in [0.05, 0.1) is 22.4 Å². The average molecular weight is 421 g/mol. The van der Waals surface area contributed by atoms with Crippen molar-refractivity contribution >= 4 is 41.0 Å². The van der Waals surface area contributed by atoms with Crippen molar-refractivity contribution in [3.05, 3.63) is 46.1 Å². The lowest BCUT2D eigenvalue weighted by Gasteiger charge is -2.13. The first-order valence-corrected chi connectivity index (χ1v) is 10.8. The van der Waals surface area contributed by atoms with Gasteiger partial charge in [-0.25, -0.2) is 4.68 Å². The standard InChI is InChI=1S/C19H21ClN4O3S/c20-15-6-2-1-5-13(15)19(26)22-18-14-10-28-11-16(14)23-24(18)9-17(25)21-8-12-4-3-7-27-12/h1-2,5-6,12H,3-4,7-11H2,(H,21,25)(H,22,26)/t12-/m0/s1. The van der Waals surface area contributed by atoms with Gasteiger partial charge in [-0.05, 0) is 25.0 Å². The number of ether oxygens (including phenoxy) is 1. The predicted molar refractivity (Wildman–Crippen MR) is 109 cm³/mol. The molecule has 148 valence electrons. The second-order valence-corrected chi connectivity index (χ2v) is 8.19. The zero-order valence-electron chi connectivity index (χ0n) is 15.2. The van der Waals surface area contributed by atoms with E-state index in [1.807, 2.05) is 0 Å². The first-order valence-electron chi connectivity index (χ1n) is 9.22. The maximum Gasteiger partial charge on any atom is 0.258 e. The number of hydrogen-bond acceptors (Lipinski definition) is 5. The monoisotopic (exact) mass is 420 g/mol. The highest BCUT2D eigenvalue weighted by Gasteiger charge is 2.26. The quantitative estimate of drug-likeness (QED) is 0.750. The lowest BCUT2D eigenvalue weighted by atomic mass is 10.2. The molecule has 0 unspecified atom stereocenters. The van der Waals surface area contributed by atoms with Gasteiger partial charge in [0.1, 0.15) is 12.4 Å². The topological polar surface area (TPSA) is 85.2 Å². The summed E-state index contributed by atoms with van der Waals surface area (Å²) in [6, 6.07) is 6.88. The van der Waals surface area contributed by atoms with Crippen LogP contribution in [0.15, 0.2) is 24.3 Å². The van der Waals surface area contributed by atoms with E-state index in [9.17, 15) is 9.59 Å². The summed E-state index contributed by atoms with van der Waals surface area (Å²) in [5.74, 6) is 1.63. The Labute approximate surface area is 172 Å². The molecule has 1 aromatic heterocycles. The fourth-order valence-electron chi connectivity index (χ4n) is 3.37. The van der Waals surface area contributed by atoms with Crippen molar-refractivity contribution in [2.45, 2.75) is 37.0 Å². The van der Waals surface area contributed by atoms with E-state index in [2.05, 4.69) is 15.7 Å². The Bertz CT molecular complexity index is 895. The fourth-order valence-corrected chi connectivity index (χ4v) is 4.62. The van der Waals surface area contributed by atoms with Crippen LogP contribution in [0.1, 0.15) is 34.5 Å². The van der Waals surface area contributed by atoms with Gasteiger partial charge in [-0.2, -0.15) is 16.9 Å². The van der Waals surface area contributed by atoms with E-state index in [0.717, 1.165) is 42.2 Å². The molecule has 1 atom stereocenters. The maximum atomic E-state index is 12.7. The van der Waals surface area contributed by atoms with Crippen molar-refractivity contribution in [1.82, 2.24) is 15.1 Å². The van der Waals surface area contributed by atoms with Crippen LogP contribution in [-0.2, 0) is 27.6 Å². The normalized spacial score (nSPS) is 18.1. The fraction of sp³-hybridized carbons (Fsp3) is 0.421. The summed E-state index contributed by atoms with van der Waals surface area (Å²) >= 11 is 7.87. The summed E-state index contributed by atoms with van der Waals surface area (Å²) in [5.41, 5.74) is 2.27. The largest absolute Gasteiger partial charge is 0.376 e. The Morgan fingerprint density at radius 3 is 2.96 bits per heavy atom. The van der Waals surface area contributed by atoms with Gasteiger partial charge in [-0.15, -0.1) is 0 Å². The molecule has 28 heavy (non-hydrogen) atoms. The number of benzene rings is 1. The Morgan fingerprint density at radius 1 is 1.32 bits per heavy atom.